The zero-order chi connectivity index (χ0) is 65.0. The lowest BCUT2D eigenvalue weighted by molar-refractivity contribution is -0.161. The van der Waals surface area contributed by atoms with Gasteiger partial charge in [0.1, 0.15) is 19.3 Å². The second-order valence-corrected chi connectivity index (χ2v) is 28.5. The highest BCUT2D eigenvalue weighted by atomic mass is 31.2. The maximum atomic E-state index is 13.0. The molecule has 0 fully saturated rings. The molecule has 522 valence electrons. The van der Waals surface area contributed by atoms with E-state index in [4.69, 9.17) is 37.0 Å². The van der Waals surface area contributed by atoms with E-state index in [1.807, 2.05) is 0 Å². The van der Waals surface area contributed by atoms with Gasteiger partial charge in [-0.3, -0.25) is 37.3 Å². The first-order valence-corrected chi connectivity index (χ1v) is 39.0. The first-order chi connectivity index (χ1) is 42.4. The molecule has 0 amide bonds. The standard InChI is InChI=1S/C69H134O17P2/c1-7-10-12-14-15-16-17-18-19-20-21-22-30-35-41-47-53-69(74)86-65(58-80-67(72)52-46-40-34-29-26-24-28-33-39-44-50-62(6)9-3)60-84-88(77,78)82-56-63(70)55-81-87(75,76)83-59-64(57-79-66(71)51-45-37-13-11-8-2)85-68(73)54-48-42-36-31-25-23-27-32-38-43-49-61(4)5/h61-65,70H,7-60H2,1-6H3,(H,75,76)(H,77,78)/t62?,63-,64+,65+/m0/s1. The van der Waals surface area contributed by atoms with Crippen molar-refractivity contribution in [3.8, 4) is 0 Å². The Kier molecular flexibility index (Phi) is 59.9. The van der Waals surface area contributed by atoms with Crippen molar-refractivity contribution in [3.63, 3.8) is 0 Å². The van der Waals surface area contributed by atoms with E-state index < -0.39 is 97.5 Å². The van der Waals surface area contributed by atoms with Crippen LogP contribution in [0, 0.1) is 11.8 Å². The number of unbranched alkanes of at least 4 members (excludes halogenated alkanes) is 37. The minimum absolute atomic E-state index is 0.105. The number of rotatable bonds is 68. The number of phosphoric acid groups is 2. The summed E-state index contributed by atoms with van der Waals surface area (Å²) in [5, 5.41) is 10.6. The van der Waals surface area contributed by atoms with Gasteiger partial charge in [0.2, 0.25) is 0 Å². The van der Waals surface area contributed by atoms with Crippen molar-refractivity contribution in [2.45, 2.75) is 368 Å². The molecular formula is C69H134O17P2. The van der Waals surface area contributed by atoms with Gasteiger partial charge in [-0.2, -0.15) is 0 Å². The molecular weight excluding hydrogens is 1160 g/mol. The van der Waals surface area contributed by atoms with E-state index in [2.05, 4.69) is 41.5 Å². The van der Waals surface area contributed by atoms with E-state index in [0.717, 1.165) is 108 Å². The van der Waals surface area contributed by atoms with Gasteiger partial charge in [-0.1, -0.05) is 298 Å². The van der Waals surface area contributed by atoms with Crippen LogP contribution in [0.15, 0.2) is 0 Å². The van der Waals surface area contributed by atoms with Crippen molar-refractivity contribution in [3.05, 3.63) is 0 Å². The summed E-state index contributed by atoms with van der Waals surface area (Å²) in [7, 11) is -9.89. The predicted molar refractivity (Wildman–Crippen MR) is 354 cm³/mol. The molecule has 17 nitrogen and oxygen atoms in total. The Labute approximate surface area is 537 Å². The van der Waals surface area contributed by atoms with Crippen LogP contribution in [0.1, 0.15) is 350 Å². The summed E-state index contributed by atoms with van der Waals surface area (Å²) in [6.45, 7) is 9.47. The number of aliphatic hydroxyl groups is 1. The summed E-state index contributed by atoms with van der Waals surface area (Å²) in [6.07, 6.45) is 46.1. The van der Waals surface area contributed by atoms with Gasteiger partial charge >= 0.3 is 39.5 Å². The Balaban J connectivity index is 5.17. The van der Waals surface area contributed by atoms with Crippen LogP contribution in [0.25, 0.3) is 0 Å². The van der Waals surface area contributed by atoms with Crippen LogP contribution in [-0.4, -0.2) is 96.7 Å². The minimum atomic E-state index is -4.95. The van der Waals surface area contributed by atoms with Crippen LogP contribution in [-0.2, 0) is 65.4 Å². The van der Waals surface area contributed by atoms with E-state index >= 15 is 0 Å². The van der Waals surface area contributed by atoms with Gasteiger partial charge in [0, 0.05) is 25.7 Å². The summed E-state index contributed by atoms with van der Waals surface area (Å²) in [5.74, 6) is -0.574. The van der Waals surface area contributed by atoms with Crippen LogP contribution in [0.2, 0.25) is 0 Å². The monoisotopic (exact) mass is 1300 g/mol. The fourth-order valence-corrected chi connectivity index (χ4v) is 12.0. The zero-order valence-corrected chi connectivity index (χ0v) is 58.8. The van der Waals surface area contributed by atoms with Gasteiger partial charge < -0.3 is 33.8 Å². The third-order valence-electron chi connectivity index (χ3n) is 16.3. The molecule has 0 aromatic heterocycles. The molecule has 0 rings (SSSR count). The average Bonchev–Trinajstić information content (AvgIpc) is 3.67. The van der Waals surface area contributed by atoms with Gasteiger partial charge in [0.15, 0.2) is 12.2 Å². The van der Waals surface area contributed by atoms with Gasteiger partial charge in [-0.05, 0) is 37.5 Å². The maximum absolute atomic E-state index is 13.0. The highest BCUT2D eigenvalue weighted by Gasteiger charge is 2.30. The molecule has 0 bridgehead atoms. The van der Waals surface area contributed by atoms with Crippen molar-refractivity contribution in [2.75, 3.05) is 39.6 Å². The van der Waals surface area contributed by atoms with E-state index in [1.54, 1.807) is 0 Å². The number of carbonyl (C=O) groups excluding carboxylic acids is 4. The topological polar surface area (TPSA) is 237 Å². The third-order valence-corrected chi connectivity index (χ3v) is 18.2. The molecule has 0 aromatic carbocycles. The summed E-state index contributed by atoms with van der Waals surface area (Å²) >= 11 is 0. The molecule has 0 aromatic rings. The molecule has 0 heterocycles. The lowest BCUT2D eigenvalue weighted by Gasteiger charge is -2.21. The number of phosphoric ester groups is 2. The molecule has 0 saturated carbocycles. The molecule has 3 unspecified atom stereocenters. The molecule has 0 saturated heterocycles. The summed E-state index contributed by atoms with van der Waals surface area (Å²) in [5.41, 5.74) is 0. The van der Waals surface area contributed by atoms with Crippen LogP contribution in [0.5, 0.6) is 0 Å². The van der Waals surface area contributed by atoms with Crippen molar-refractivity contribution in [1.29, 1.82) is 0 Å². The van der Waals surface area contributed by atoms with Gasteiger partial charge in [-0.15, -0.1) is 0 Å². The molecule has 88 heavy (non-hydrogen) atoms. The van der Waals surface area contributed by atoms with Crippen LogP contribution in [0.4, 0.5) is 0 Å². The van der Waals surface area contributed by atoms with Gasteiger partial charge in [-0.25, -0.2) is 9.13 Å². The number of hydrogen-bond acceptors (Lipinski definition) is 15. The summed E-state index contributed by atoms with van der Waals surface area (Å²) in [6, 6.07) is 0. The lowest BCUT2D eigenvalue weighted by atomic mass is 9.99. The van der Waals surface area contributed by atoms with Gasteiger partial charge in [0.05, 0.1) is 26.4 Å². The summed E-state index contributed by atoms with van der Waals surface area (Å²) in [4.78, 5) is 72.3. The number of aliphatic hydroxyl groups excluding tert-OH is 1. The van der Waals surface area contributed by atoms with E-state index in [-0.39, 0.29) is 25.7 Å². The Morgan fingerprint density at radius 1 is 0.330 bits per heavy atom. The highest BCUT2D eigenvalue weighted by Crippen LogP contribution is 2.45. The first-order valence-electron chi connectivity index (χ1n) is 36.0. The molecule has 0 aliphatic heterocycles. The normalized spacial score (nSPS) is 14.5. The smallest absolute Gasteiger partial charge is 0.462 e. The quantitative estimate of drug-likeness (QED) is 0.0222. The van der Waals surface area contributed by atoms with Gasteiger partial charge in [0.25, 0.3) is 0 Å². The minimum Gasteiger partial charge on any atom is -0.462 e. The molecule has 0 aliphatic carbocycles. The lowest BCUT2D eigenvalue weighted by Crippen LogP contribution is -2.30. The van der Waals surface area contributed by atoms with Crippen LogP contribution < -0.4 is 0 Å². The second kappa shape index (κ2) is 61.3. The fourth-order valence-electron chi connectivity index (χ4n) is 10.4. The van der Waals surface area contributed by atoms with E-state index in [0.29, 0.717) is 25.7 Å². The predicted octanol–water partition coefficient (Wildman–Crippen LogP) is 19.6. The highest BCUT2D eigenvalue weighted by molar-refractivity contribution is 7.47. The molecule has 0 spiro atoms. The molecule has 0 radical (unpaired) electrons. The molecule has 0 aliphatic rings. The largest absolute Gasteiger partial charge is 0.472 e. The SMILES string of the molecule is CCCCCCCCCCCCCCCCCCC(=O)O[C@H](COC(=O)CCCCCCCCCCCCC(C)CC)COP(=O)(O)OC[C@@H](O)COP(=O)(O)OC[C@@H](COC(=O)CCCCCCC)OC(=O)CCCCCCCCCCCCC(C)C. The zero-order valence-electron chi connectivity index (χ0n) is 57.0. The van der Waals surface area contributed by atoms with Crippen molar-refractivity contribution >= 4 is 39.5 Å². The van der Waals surface area contributed by atoms with Crippen molar-refractivity contribution in [2.24, 2.45) is 11.8 Å². The third kappa shape index (κ3) is 61.6. The molecule has 6 atom stereocenters. The summed E-state index contributed by atoms with van der Waals surface area (Å²) < 4.78 is 68.1. The molecule has 19 heteroatoms. The molecule has 3 N–H and O–H groups in total. The Morgan fingerprint density at radius 2 is 0.580 bits per heavy atom. The number of carbonyl (C=O) groups is 4. The Bertz CT molecular complexity index is 1720. The Hall–Kier alpha value is -1.94. The van der Waals surface area contributed by atoms with Crippen LogP contribution >= 0.6 is 15.6 Å². The second-order valence-electron chi connectivity index (χ2n) is 25.6. The maximum Gasteiger partial charge on any atom is 0.472 e. The van der Waals surface area contributed by atoms with Crippen molar-refractivity contribution in [1.82, 2.24) is 0 Å². The van der Waals surface area contributed by atoms with E-state index in [9.17, 15) is 43.2 Å². The Morgan fingerprint density at radius 3 is 0.864 bits per heavy atom. The number of esters is 4. The number of ether oxygens (including phenoxy) is 4. The average molecular weight is 1300 g/mol. The van der Waals surface area contributed by atoms with E-state index in [1.165, 1.54) is 161 Å². The number of hydrogen-bond donors (Lipinski definition) is 3. The first kappa shape index (κ1) is 86.1. The van der Waals surface area contributed by atoms with Crippen LogP contribution in [0.3, 0.4) is 0 Å². The fraction of sp³-hybridized carbons (Fsp3) is 0.942. The van der Waals surface area contributed by atoms with Crippen molar-refractivity contribution < 1.29 is 80.2 Å².